The van der Waals surface area contributed by atoms with Crippen LogP contribution in [0.15, 0.2) is 60.7 Å². The zero-order valence-corrected chi connectivity index (χ0v) is 27.2. The van der Waals surface area contributed by atoms with E-state index in [4.69, 9.17) is 15.2 Å². The molecule has 0 saturated carbocycles. The van der Waals surface area contributed by atoms with Crippen LogP contribution in [0.2, 0.25) is 0 Å². The van der Waals surface area contributed by atoms with E-state index in [2.05, 4.69) is 10.6 Å². The Bertz CT molecular complexity index is 1700. The molecule has 13 nitrogen and oxygen atoms in total. The molecule has 0 bridgehead atoms. The SMILES string of the molecule is NC(=O)[C@H](Cc1ccc2ccccc2c1)NC(=O)[C@@H]1CCCCN1C(=O)[C@H](CSCP(=O)(O)O)NC(=O)Cc1ccc2c(c1)OCO2. The first kappa shape index (κ1) is 34.2. The van der Waals surface area contributed by atoms with Crippen molar-refractivity contribution in [2.75, 3.05) is 24.6 Å². The number of nitrogens with zero attached hydrogens (tertiary/aromatic N) is 1. The number of rotatable bonds is 13. The van der Waals surface area contributed by atoms with Gasteiger partial charge in [-0.2, -0.15) is 0 Å². The Kier molecular flexibility index (Phi) is 11.1. The van der Waals surface area contributed by atoms with Crippen molar-refractivity contribution >= 4 is 53.8 Å². The topological polar surface area (TPSA) is 198 Å². The Morgan fingerprint density at radius 1 is 0.936 bits per heavy atom. The third-order valence-electron chi connectivity index (χ3n) is 7.98. The summed E-state index contributed by atoms with van der Waals surface area (Å²) in [5, 5.41) is 7.45. The van der Waals surface area contributed by atoms with Crippen LogP contribution in [-0.4, -0.2) is 81.0 Å². The predicted octanol–water partition coefficient (Wildman–Crippen LogP) is 2.06. The summed E-state index contributed by atoms with van der Waals surface area (Å²) in [4.78, 5) is 73.2. The van der Waals surface area contributed by atoms with E-state index in [9.17, 15) is 33.5 Å². The van der Waals surface area contributed by atoms with Gasteiger partial charge in [-0.15, -0.1) is 11.8 Å². The van der Waals surface area contributed by atoms with Gasteiger partial charge in [0.15, 0.2) is 11.5 Å². The quantitative estimate of drug-likeness (QED) is 0.166. The van der Waals surface area contributed by atoms with Crippen LogP contribution >= 0.6 is 19.4 Å². The molecule has 250 valence electrons. The number of hydrogen-bond acceptors (Lipinski definition) is 8. The number of piperidine rings is 1. The highest BCUT2D eigenvalue weighted by Gasteiger charge is 2.37. The van der Waals surface area contributed by atoms with Crippen LogP contribution in [0.25, 0.3) is 10.8 Å². The summed E-state index contributed by atoms with van der Waals surface area (Å²) in [6, 6.07) is 15.4. The highest BCUT2D eigenvalue weighted by atomic mass is 32.2. The van der Waals surface area contributed by atoms with Crippen molar-refractivity contribution in [1.29, 1.82) is 0 Å². The molecule has 4 amide bonds. The maximum absolute atomic E-state index is 13.9. The van der Waals surface area contributed by atoms with Crippen LogP contribution in [0.1, 0.15) is 30.4 Å². The van der Waals surface area contributed by atoms with Crippen molar-refractivity contribution in [2.24, 2.45) is 5.73 Å². The third kappa shape index (κ3) is 9.25. The molecule has 5 rings (SSSR count). The second kappa shape index (κ2) is 15.2. The molecule has 0 aliphatic carbocycles. The van der Waals surface area contributed by atoms with Gasteiger partial charge >= 0.3 is 7.60 Å². The van der Waals surface area contributed by atoms with Crippen molar-refractivity contribution in [2.45, 2.75) is 50.2 Å². The molecular formula is C32H37N4O9PS. The number of thioether (sulfide) groups is 1. The van der Waals surface area contributed by atoms with Gasteiger partial charge in [0.2, 0.25) is 30.4 Å². The maximum atomic E-state index is 13.9. The van der Waals surface area contributed by atoms with Gasteiger partial charge in [0, 0.05) is 18.7 Å². The average molecular weight is 685 g/mol. The molecule has 47 heavy (non-hydrogen) atoms. The molecule has 2 aliphatic rings. The highest BCUT2D eigenvalue weighted by molar-refractivity contribution is 8.04. The second-order valence-electron chi connectivity index (χ2n) is 11.5. The normalized spacial score (nSPS) is 17.1. The summed E-state index contributed by atoms with van der Waals surface area (Å²) in [7, 11) is -4.39. The fraction of sp³-hybridized carbons (Fsp3) is 0.375. The van der Waals surface area contributed by atoms with E-state index in [1.54, 1.807) is 18.2 Å². The number of ether oxygens (including phenoxy) is 2. The standard InChI is InChI=1S/C32H37N4O9PS/c33-30(38)24(14-20-8-10-22-5-1-2-6-23(22)13-20)35-31(39)26-7-3-4-12-36(26)32(40)25(17-47-19-46(41,42)43)34-29(37)16-21-9-11-27-28(15-21)45-18-44-27/h1-2,5-6,8-11,13,15,24-26H,3-4,7,12,14,16-19H2,(H2,33,38)(H,34,37)(H,35,39)(H2,41,42,43)/t24-,25-,26-/m0/s1. The lowest BCUT2D eigenvalue weighted by Crippen LogP contribution is -2.60. The van der Waals surface area contributed by atoms with Gasteiger partial charge in [0.25, 0.3) is 0 Å². The Balaban J connectivity index is 1.28. The van der Waals surface area contributed by atoms with E-state index in [1.165, 1.54) is 4.90 Å². The van der Waals surface area contributed by atoms with Gasteiger partial charge in [0.1, 0.15) is 18.1 Å². The summed E-state index contributed by atoms with van der Waals surface area (Å²) in [6.07, 6.45) is 1.65. The minimum atomic E-state index is -4.39. The number of likely N-dealkylation sites (tertiary alicyclic amines) is 1. The molecule has 0 spiro atoms. The molecule has 3 atom stereocenters. The van der Waals surface area contributed by atoms with Crippen molar-refractivity contribution in [3.63, 3.8) is 0 Å². The Labute approximate surface area is 275 Å². The lowest BCUT2D eigenvalue weighted by Gasteiger charge is -2.37. The molecule has 0 aromatic heterocycles. The van der Waals surface area contributed by atoms with Gasteiger partial charge in [-0.05, 0) is 53.3 Å². The zero-order chi connectivity index (χ0) is 33.6. The number of fused-ring (bicyclic) bond motifs is 2. The summed E-state index contributed by atoms with van der Waals surface area (Å²) < 4.78 is 22.2. The predicted molar refractivity (Wildman–Crippen MR) is 176 cm³/mol. The third-order valence-corrected chi connectivity index (χ3v) is 10.6. The van der Waals surface area contributed by atoms with Crippen LogP contribution in [0.3, 0.4) is 0 Å². The van der Waals surface area contributed by atoms with Crippen LogP contribution in [0, 0.1) is 0 Å². The Hall–Kier alpha value is -4.10. The van der Waals surface area contributed by atoms with Crippen LogP contribution in [0.5, 0.6) is 11.5 Å². The van der Waals surface area contributed by atoms with Crippen molar-refractivity contribution in [1.82, 2.24) is 15.5 Å². The highest BCUT2D eigenvalue weighted by Crippen LogP contribution is 2.39. The number of carbonyl (C=O) groups excluding carboxylic acids is 4. The largest absolute Gasteiger partial charge is 0.454 e. The minimum absolute atomic E-state index is 0.0760. The molecule has 3 aromatic carbocycles. The molecule has 1 saturated heterocycles. The van der Waals surface area contributed by atoms with Crippen LogP contribution in [-0.2, 0) is 36.6 Å². The fourth-order valence-electron chi connectivity index (χ4n) is 5.71. The molecule has 1 fully saturated rings. The zero-order valence-electron chi connectivity index (χ0n) is 25.5. The van der Waals surface area contributed by atoms with E-state index >= 15 is 0 Å². The van der Waals surface area contributed by atoms with Crippen LogP contribution < -0.4 is 25.8 Å². The number of nitrogens with one attached hydrogen (secondary N) is 2. The maximum Gasteiger partial charge on any atom is 0.335 e. The van der Waals surface area contributed by atoms with Gasteiger partial charge in [-0.25, -0.2) is 0 Å². The first-order chi connectivity index (χ1) is 22.5. The second-order valence-corrected chi connectivity index (χ2v) is 14.6. The van der Waals surface area contributed by atoms with E-state index in [0.717, 1.165) is 28.1 Å². The van der Waals surface area contributed by atoms with Gasteiger partial charge in [-0.1, -0.05) is 48.5 Å². The summed E-state index contributed by atoms with van der Waals surface area (Å²) in [5.41, 5.74) is 6.56. The smallest absolute Gasteiger partial charge is 0.335 e. The number of amides is 4. The first-order valence-corrected chi connectivity index (χ1v) is 18.1. The molecule has 0 radical (unpaired) electrons. The Morgan fingerprint density at radius 2 is 1.68 bits per heavy atom. The molecule has 6 N–H and O–H groups in total. The average Bonchev–Trinajstić information content (AvgIpc) is 3.51. The van der Waals surface area contributed by atoms with E-state index in [1.807, 2.05) is 42.5 Å². The van der Waals surface area contributed by atoms with E-state index in [-0.39, 0.29) is 31.9 Å². The van der Waals surface area contributed by atoms with Crippen LogP contribution in [0.4, 0.5) is 0 Å². The first-order valence-electron chi connectivity index (χ1n) is 15.1. The lowest BCUT2D eigenvalue weighted by atomic mass is 9.98. The molecule has 15 heteroatoms. The molecule has 3 aromatic rings. The molecule has 2 aliphatic heterocycles. The summed E-state index contributed by atoms with van der Waals surface area (Å²) >= 11 is 0.828. The van der Waals surface area contributed by atoms with E-state index in [0.29, 0.717) is 36.3 Å². The number of nitrogens with two attached hydrogens (primary N) is 1. The van der Waals surface area contributed by atoms with Gasteiger partial charge in [-0.3, -0.25) is 23.7 Å². The number of benzene rings is 3. The molecule has 2 heterocycles. The van der Waals surface area contributed by atoms with Gasteiger partial charge < -0.3 is 40.5 Å². The Morgan fingerprint density at radius 3 is 2.45 bits per heavy atom. The summed E-state index contributed by atoms with van der Waals surface area (Å²) in [5.74, 6) is -1.40. The lowest BCUT2D eigenvalue weighted by molar-refractivity contribution is -0.145. The monoisotopic (exact) mass is 684 g/mol. The summed E-state index contributed by atoms with van der Waals surface area (Å²) in [6.45, 7) is 0.299. The van der Waals surface area contributed by atoms with Gasteiger partial charge in [0.05, 0.1) is 11.9 Å². The van der Waals surface area contributed by atoms with Crippen molar-refractivity contribution in [3.05, 3.63) is 71.8 Å². The molecule has 0 unspecified atom stereocenters. The number of carbonyl (C=O) groups is 4. The number of primary amides is 1. The minimum Gasteiger partial charge on any atom is -0.454 e. The van der Waals surface area contributed by atoms with Crippen molar-refractivity contribution in [3.8, 4) is 11.5 Å². The fourth-order valence-corrected chi connectivity index (χ4v) is 7.54. The number of hydrogen-bond donors (Lipinski definition) is 5. The van der Waals surface area contributed by atoms with E-state index < -0.39 is 54.8 Å². The van der Waals surface area contributed by atoms with Crippen molar-refractivity contribution < 1.29 is 43.0 Å². The molecular weight excluding hydrogens is 647 g/mol.